The van der Waals surface area contributed by atoms with Crippen molar-refractivity contribution in [3.8, 4) is 0 Å². The average molecular weight is 1380 g/mol. The lowest BCUT2D eigenvalue weighted by Gasteiger charge is -2.32. The summed E-state index contributed by atoms with van der Waals surface area (Å²) in [6.07, 6.45) is 5.27. The molecule has 86 heavy (non-hydrogen) atoms. The van der Waals surface area contributed by atoms with Crippen molar-refractivity contribution in [1.82, 2.24) is 29.9 Å². The van der Waals surface area contributed by atoms with E-state index in [1.165, 1.54) is 18.6 Å². The number of aromatic nitrogens is 6. The lowest BCUT2D eigenvalue weighted by atomic mass is 9.90. The molecule has 28 heteroatoms. The van der Waals surface area contributed by atoms with Crippen LogP contribution in [0.15, 0.2) is 130 Å². The van der Waals surface area contributed by atoms with Crippen molar-refractivity contribution in [2.45, 2.75) is 114 Å². The fraction of sp³-hybridized carbons (Fsp3) is 0.259. The molecule has 1 aliphatic heterocycles. The van der Waals surface area contributed by atoms with E-state index in [2.05, 4.69) is 59.0 Å². The molecule has 464 valence electrons. The van der Waals surface area contributed by atoms with Crippen LogP contribution in [0.25, 0.3) is 38.8 Å². The van der Waals surface area contributed by atoms with Gasteiger partial charge in [0.05, 0.1) is 47.4 Å². The Labute approximate surface area is 520 Å². The van der Waals surface area contributed by atoms with E-state index in [0.717, 1.165) is 24.3 Å². The van der Waals surface area contributed by atoms with Crippen LogP contribution in [-0.2, 0) is 62.5 Å². The van der Waals surface area contributed by atoms with Gasteiger partial charge in [0.25, 0.3) is 0 Å². The highest BCUT2D eigenvalue weighted by molar-refractivity contribution is 9.10. The number of H-pyrrole nitrogens is 3. The van der Waals surface area contributed by atoms with Crippen molar-refractivity contribution < 1.29 is 60.9 Å². The molecule has 0 radical (unpaired) electrons. The van der Waals surface area contributed by atoms with E-state index < -0.39 is 99.1 Å². The van der Waals surface area contributed by atoms with Gasteiger partial charge in [-0.25, -0.2) is 53.4 Å². The van der Waals surface area contributed by atoms with E-state index in [1.807, 2.05) is 27.7 Å². The Bertz CT molecular complexity index is 4290. The average Bonchev–Trinajstić information content (AvgIpc) is 3.44. The van der Waals surface area contributed by atoms with E-state index in [1.54, 1.807) is 67.5 Å². The first-order valence-corrected chi connectivity index (χ1v) is 31.0. The molecule has 6 aromatic heterocycles. The SMILES string of the molecule is C.C.C.C.C=CB1OC(C)(C)C(C)(C)O1.C=Cc1cc(F)c(CS(=O)(=O)c2c[nH]c3cc(Cl)ccc23)nc1F.CCc1cc(F)c(CS(=O)(=O)c2c[nH]c3cc(Cl)ccc23)nc1F.O=S(=O)(Cc1nc(F)c(Br)cc1F)c1c[nH]c2cc(Cl)ccc12. The van der Waals surface area contributed by atoms with Gasteiger partial charge in [-0.15, -0.1) is 6.58 Å². The number of hydrogen-bond acceptors (Lipinski definition) is 11. The Morgan fingerprint density at radius 3 is 1.22 bits per heavy atom. The van der Waals surface area contributed by atoms with Crippen molar-refractivity contribution in [1.29, 1.82) is 0 Å². The molecule has 0 amide bonds. The number of aromatic amines is 3. The number of nitrogens with one attached hydrogen (secondary N) is 3. The number of hydrogen-bond donors (Lipinski definition) is 3. The molecule has 0 atom stereocenters. The highest BCUT2D eigenvalue weighted by atomic mass is 79.9. The van der Waals surface area contributed by atoms with Gasteiger partial charge in [0.2, 0.25) is 17.8 Å². The second-order valence-corrected chi connectivity index (χ2v) is 27.1. The predicted molar refractivity (Wildman–Crippen MR) is 335 cm³/mol. The van der Waals surface area contributed by atoms with Gasteiger partial charge in [-0.05, 0) is 105 Å². The number of rotatable bonds is 12. The lowest BCUT2D eigenvalue weighted by Crippen LogP contribution is -2.41. The molecule has 0 aliphatic carbocycles. The molecule has 1 aliphatic rings. The maximum Gasteiger partial charge on any atom is 0.486 e. The normalized spacial score (nSPS) is 13.3. The maximum absolute atomic E-state index is 14.0. The lowest BCUT2D eigenvalue weighted by molar-refractivity contribution is 0.00578. The minimum Gasteiger partial charge on any atom is -0.400 e. The molecule has 9 aromatic rings. The Morgan fingerprint density at radius 1 is 0.547 bits per heavy atom. The molecule has 3 aromatic carbocycles. The molecule has 0 saturated carbocycles. The number of benzene rings is 3. The Balaban J connectivity index is 0.000000304. The van der Waals surface area contributed by atoms with E-state index in [9.17, 15) is 51.6 Å². The molecule has 7 heterocycles. The third-order valence-corrected chi connectivity index (χ3v) is 19.2. The van der Waals surface area contributed by atoms with Crippen molar-refractivity contribution in [2.75, 3.05) is 0 Å². The number of halogens is 10. The third-order valence-electron chi connectivity index (χ3n) is 12.9. The fourth-order valence-corrected chi connectivity index (χ4v) is 13.2. The molecule has 0 bridgehead atoms. The summed E-state index contributed by atoms with van der Waals surface area (Å²) in [5.41, 5.74) is -0.275. The molecule has 3 N–H and O–H groups in total. The van der Waals surface area contributed by atoms with Crippen LogP contribution in [0, 0.1) is 35.3 Å². The first-order valence-electron chi connectivity index (χ1n) is 24.1. The number of sulfone groups is 3. The van der Waals surface area contributed by atoms with Gasteiger partial charge < -0.3 is 24.3 Å². The minimum atomic E-state index is -3.94. The summed E-state index contributed by atoms with van der Waals surface area (Å²) in [6, 6.07) is 16.8. The topological polar surface area (TPSA) is 207 Å². The Hall–Kier alpha value is -6.03. The Kier molecular flexibility index (Phi) is 25.3. The van der Waals surface area contributed by atoms with Gasteiger partial charge in [-0.1, -0.05) is 108 Å². The van der Waals surface area contributed by atoms with Gasteiger partial charge in [0.15, 0.2) is 29.5 Å². The third kappa shape index (κ3) is 16.8. The van der Waals surface area contributed by atoms with Crippen LogP contribution in [0.2, 0.25) is 15.1 Å². The molecule has 1 saturated heterocycles. The van der Waals surface area contributed by atoms with Crippen LogP contribution < -0.4 is 0 Å². The molecule has 0 unspecified atom stereocenters. The number of nitrogens with zero attached hydrogens (tertiary/aromatic N) is 3. The fourth-order valence-electron chi connectivity index (χ4n) is 7.97. The summed E-state index contributed by atoms with van der Waals surface area (Å²) in [6.45, 7) is 16.7. The maximum atomic E-state index is 14.0. The van der Waals surface area contributed by atoms with E-state index in [4.69, 9.17) is 44.1 Å². The van der Waals surface area contributed by atoms with Gasteiger partial charge in [0, 0.05) is 77.5 Å². The van der Waals surface area contributed by atoms with Gasteiger partial charge in [-0.2, -0.15) is 13.2 Å². The van der Waals surface area contributed by atoms with Crippen LogP contribution in [-0.4, -0.2) is 73.5 Å². The first-order chi connectivity index (χ1) is 38.3. The second-order valence-electron chi connectivity index (χ2n) is 19.1. The largest absolute Gasteiger partial charge is 0.486 e. The van der Waals surface area contributed by atoms with Crippen LogP contribution in [0.5, 0.6) is 0 Å². The summed E-state index contributed by atoms with van der Waals surface area (Å²) in [5, 5.41) is 2.63. The van der Waals surface area contributed by atoms with E-state index >= 15 is 0 Å². The minimum absolute atomic E-state index is 0. The molecular weight excluding hydrogens is 1320 g/mol. The molecule has 0 spiro atoms. The summed E-state index contributed by atoms with van der Waals surface area (Å²) >= 11 is 20.4. The summed E-state index contributed by atoms with van der Waals surface area (Å²) in [7, 11) is -12.0. The van der Waals surface area contributed by atoms with Crippen LogP contribution in [0.3, 0.4) is 0 Å². The van der Waals surface area contributed by atoms with Crippen molar-refractivity contribution >= 4 is 126 Å². The number of pyridine rings is 3. The smallest absolute Gasteiger partial charge is 0.400 e. The first kappa shape index (κ1) is 74.2. The van der Waals surface area contributed by atoms with E-state index in [-0.39, 0.29) is 84.7 Å². The summed E-state index contributed by atoms with van der Waals surface area (Å²) in [5.74, 6) is -5.99. The zero-order chi connectivity index (χ0) is 60.4. The highest BCUT2D eigenvalue weighted by Gasteiger charge is 2.49. The molecule has 10 rings (SSSR count). The van der Waals surface area contributed by atoms with Crippen LogP contribution in [0.4, 0.5) is 26.3 Å². The van der Waals surface area contributed by atoms with Crippen molar-refractivity contribution in [2.24, 2.45) is 0 Å². The molecule has 1 fully saturated rings. The number of aryl methyl sites for hydroxylation is 1. The highest BCUT2D eigenvalue weighted by Crippen LogP contribution is 2.37. The van der Waals surface area contributed by atoms with Crippen LogP contribution >= 0.6 is 50.7 Å². The molecular formula is C58H63BBrCl3F6N6O8S3. The standard InChI is InChI=1S/C16H13ClF2N2O2S.C16H11ClF2N2O2S.C14H8BrClF2N2O2S.C8H15BO2.4CH4/c2*1-2-9-5-12(18)14(21-16(9)19)8-24(22,23)15-7-20-13-6-10(17)3-4-11(13)15;15-9-4-10(17)12(20-14(9)18)6-23(21,22)13-5-19-11-3-7(16)1-2-8(11)13;1-6-9-10-7(2,3)8(4,5)11-9;;;;/h3-7,20H,2,8H2,1H3;2-7,20H,1,8H2;1-5,19H,6H2;6H,1H2,2-5H3;4*1H4. The van der Waals surface area contributed by atoms with Crippen LogP contribution in [0.1, 0.15) is 92.5 Å². The summed E-state index contributed by atoms with van der Waals surface area (Å²) < 4.78 is 169. The van der Waals surface area contributed by atoms with Gasteiger partial charge in [0.1, 0.15) is 34.7 Å². The van der Waals surface area contributed by atoms with Gasteiger partial charge in [-0.3, -0.25) is 0 Å². The monoisotopic (exact) mass is 1380 g/mol. The zero-order valence-electron chi connectivity index (χ0n) is 43.7. The second kappa shape index (κ2) is 29.3. The predicted octanol–water partition coefficient (Wildman–Crippen LogP) is 16.7. The Morgan fingerprint density at radius 2 is 0.884 bits per heavy atom. The summed E-state index contributed by atoms with van der Waals surface area (Å²) in [4.78, 5) is 18.6. The van der Waals surface area contributed by atoms with Crippen molar-refractivity contribution in [3.05, 3.63) is 194 Å². The quantitative estimate of drug-likeness (QED) is 0.0596. The number of fused-ring (bicyclic) bond motifs is 3. The molecule has 14 nitrogen and oxygen atoms in total. The zero-order valence-corrected chi connectivity index (χ0v) is 50.1. The van der Waals surface area contributed by atoms with Crippen molar-refractivity contribution in [3.63, 3.8) is 0 Å². The van der Waals surface area contributed by atoms with E-state index in [0.29, 0.717) is 47.8 Å². The van der Waals surface area contributed by atoms with Gasteiger partial charge >= 0.3 is 7.12 Å².